The summed E-state index contributed by atoms with van der Waals surface area (Å²) >= 11 is 1.59. The first-order chi connectivity index (χ1) is 11.6. The quantitative estimate of drug-likeness (QED) is 0.854. The van der Waals surface area contributed by atoms with Crippen molar-refractivity contribution in [2.45, 2.75) is 58.2 Å². The molecule has 1 aliphatic carbocycles. The molecule has 3 rings (SSSR count). The van der Waals surface area contributed by atoms with E-state index in [0.29, 0.717) is 12.1 Å². The summed E-state index contributed by atoms with van der Waals surface area (Å²) < 4.78 is 5.71. The van der Waals surface area contributed by atoms with Crippen molar-refractivity contribution in [2.75, 3.05) is 25.0 Å². The fraction of sp³-hybridized carbons (Fsp3) is 0.667. The van der Waals surface area contributed by atoms with Gasteiger partial charge in [-0.2, -0.15) is 5.26 Å². The molecule has 6 heteroatoms. The average Bonchev–Trinajstić information content (AvgIpc) is 2.66. The maximum absolute atomic E-state index is 12.4. The first-order valence-corrected chi connectivity index (χ1v) is 9.60. The van der Waals surface area contributed by atoms with Crippen LogP contribution in [0.1, 0.15) is 49.1 Å². The molecule has 1 saturated heterocycles. The van der Waals surface area contributed by atoms with Crippen LogP contribution in [-0.4, -0.2) is 42.6 Å². The Morgan fingerprint density at radius 3 is 2.71 bits per heavy atom. The molecule has 1 aromatic heterocycles. The van der Waals surface area contributed by atoms with Crippen molar-refractivity contribution in [1.29, 1.82) is 5.26 Å². The zero-order valence-corrected chi connectivity index (χ0v) is 15.2. The Balaban J connectivity index is 1.67. The molecule has 0 bridgehead atoms. The summed E-state index contributed by atoms with van der Waals surface area (Å²) in [6.07, 6.45) is 5.82. The molecule has 5 nitrogen and oxygen atoms in total. The van der Waals surface area contributed by atoms with Crippen LogP contribution in [0.4, 0.5) is 5.00 Å². The minimum atomic E-state index is -0.0378. The van der Waals surface area contributed by atoms with Crippen molar-refractivity contribution < 1.29 is 9.53 Å². The third-order valence-corrected chi connectivity index (χ3v) is 5.86. The maximum atomic E-state index is 12.4. The summed E-state index contributed by atoms with van der Waals surface area (Å²) in [5, 5.41) is 13.3. The van der Waals surface area contributed by atoms with Crippen LogP contribution in [0.2, 0.25) is 0 Å². The van der Waals surface area contributed by atoms with E-state index in [9.17, 15) is 10.1 Å². The lowest BCUT2D eigenvalue weighted by Gasteiger charge is -2.34. The number of hydrogen-bond donors (Lipinski definition) is 1. The maximum Gasteiger partial charge on any atom is 0.239 e. The smallest absolute Gasteiger partial charge is 0.239 e. The van der Waals surface area contributed by atoms with Crippen molar-refractivity contribution in [2.24, 2.45) is 0 Å². The van der Waals surface area contributed by atoms with Crippen molar-refractivity contribution in [3.05, 3.63) is 16.0 Å². The molecule has 2 atom stereocenters. The average molecular weight is 347 g/mol. The number of thiophene rings is 1. The predicted octanol–water partition coefficient (Wildman–Crippen LogP) is 2.94. The number of carbonyl (C=O) groups excluding carboxylic acids is 1. The van der Waals surface area contributed by atoms with Gasteiger partial charge < -0.3 is 10.1 Å². The monoisotopic (exact) mass is 347 g/mol. The molecule has 1 aromatic rings. The zero-order valence-electron chi connectivity index (χ0n) is 14.4. The summed E-state index contributed by atoms with van der Waals surface area (Å²) in [5.41, 5.74) is 1.86. The van der Waals surface area contributed by atoms with Gasteiger partial charge in [0.25, 0.3) is 0 Å². The molecule has 2 aliphatic rings. The van der Waals surface area contributed by atoms with Gasteiger partial charge >= 0.3 is 0 Å². The summed E-state index contributed by atoms with van der Waals surface area (Å²) in [4.78, 5) is 15.9. The Labute approximate surface area is 147 Å². The SMILES string of the molecule is CC1CN(CC(=O)Nc2sc3c(c2C#N)CCCCC3)CC(C)O1. The fourth-order valence-electron chi connectivity index (χ4n) is 3.73. The number of nitriles is 1. The van der Waals surface area contributed by atoms with Gasteiger partial charge in [-0.1, -0.05) is 6.42 Å². The number of hydrogen-bond acceptors (Lipinski definition) is 5. The molecular weight excluding hydrogens is 322 g/mol. The van der Waals surface area contributed by atoms with E-state index in [-0.39, 0.29) is 18.1 Å². The lowest BCUT2D eigenvalue weighted by molar-refractivity contribution is -0.121. The Morgan fingerprint density at radius 2 is 2.00 bits per heavy atom. The first kappa shape index (κ1) is 17.4. The number of ether oxygens (including phenoxy) is 1. The van der Waals surface area contributed by atoms with Crippen LogP contribution in [0, 0.1) is 11.3 Å². The van der Waals surface area contributed by atoms with Crippen molar-refractivity contribution in [3.63, 3.8) is 0 Å². The van der Waals surface area contributed by atoms with Gasteiger partial charge in [-0.25, -0.2) is 0 Å². The number of rotatable bonds is 3. The van der Waals surface area contributed by atoms with Gasteiger partial charge in [0, 0.05) is 18.0 Å². The van der Waals surface area contributed by atoms with Crippen molar-refractivity contribution in [1.82, 2.24) is 4.90 Å². The van der Waals surface area contributed by atoms with Crippen LogP contribution in [-0.2, 0) is 22.4 Å². The van der Waals surface area contributed by atoms with Crippen molar-refractivity contribution in [3.8, 4) is 6.07 Å². The summed E-state index contributed by atoms with van der Waals surface area (Å²) in [6, 6.07) is 2.32. The molecule has 0 radical (unpaired) electrons. The molecule has 1 amide bonds. The minimum Gasteiger partial charge on any atom is -0.373 e. The Hall–Kier alpha value is -1.42. The molecule has 1 aliphatic heterocycles. The van der Waals surface area contributed by atoms with E-state index < -0.39 is 0 Å². The van der Waals surface area contributed by atoms with Gasteiger partial charge in [0.15, 0.2) is 0 Å². The molecule has 1 fully saturated rings. The Bertz CT molecular complexity index is 639. The molecule has 0 spiro atoms. The highest BCUT2D eigenvalue weighted by Crippen LogP contribution is 2.36. The first-order valence-electron chi connectivity index (χ1n) is 8.79. The van der Waals surface area contributed by atoms with Gasteiger partial charge in [-0.3, -0.25) is 9.69 Å². The number of carbonyl (C=O) groups is 1. The highest BCUT2D eigenvalue weighted by Gasteiger charge is 2.25. The number of amides is 1. The van der Waals surface area contributed by atoms with E-state index in [0.717, 1.165) is 37.4 Å². The van der Waals surface area contributed by atoms with E-state index in [2.05, 4.69) is 16.3 Å². The lowest BCUT2D eigenvalue weighted by Crippen LogP contribution is -2.48. The molecule has 24 heavy (non-hydrogen) atoms. The molecule has 0 aromatic carbocycles. The molecule has 130 valence electrons. The minimum absolute atomic E-state index is 0.0378. The molecule has 2 unspecified atom stereocenters. The summed E-state index contributed by atoms with van der Waals surface area (Å²) in [7, 11) is 0. The van der Waals surface area contributed by atoms with E-state index >= 15 is 0 Å². The van der Waals surface area contributed by atoms with Gasteiger partial charge in [0.05, 0.1) is 24.3 Å². The van der Waals surface area contributed by atoms with Crippen LogP contribution >= 0.6 is 11.3 Å². The van der Waals surface area contributed by atoms with Crippen molar-refractivity contribution >= 4 is 22.2 Å². The van der Waals surface area contributed by atoms with Crippen LogP contribution in [0.5, 0.6) is 0 Å². The zero-order chi connectivity index (χ0) is 17.1. The molecular formula is C18H25N3O2S. The number of nitrogens with one attached hydrogen (secondary N) is 1. The number of anilines is 1. The Morgan fingerprint density at radius 1 is 1.29 bits per heavy atom. The van der Waals surface area contributed by atoms with Gasteiger partial charge in [-0.05, 0) is 45.1 Å². The van der Waals surface area contributed by atoms with Crippen LogP contribution in [0.3, 0.4) is 0 Å². The Kier molecular flexibility index (Phi) is 5.54. The summed E-state index contributed by atoms with van der Waals surface area (Å²) in [6.45, 7) is 5.95. The van der Waals surface area contributed by atoms with E-state index in [1.807, 2.05) is 13.8 Å². The largest absolute Gasteiger partial charge is 0.373 e. The van der Waals surface area contributed by atoms with Gasteiger partial charge in [0.1, 0.15) is 11.1 Å². The second-order valence-corrected chi connectivity index (χ2v) is 7.99. The molecule has 2 heterocycles. The highest BCUT2D eigenvalue weighted by atomic mass is 32.1. The third-order valence-electron chi connectivity index (χ3n) is 4.65. The standard InChI is InChI=1S/C18H25N3O2S/c1-12-9-21(10-13(2)23-12)11-17(22)20-18-15(8-19)14-6-4-3-5-7-16(14)24-18/h12-13H,3-7,9-11H2,1-2H3,(H,20,22). The number of nitrogens with zero attached hydrogens (tertiary/aromatic N) is 2. The molecule has 0 saturated carbocycles. The van der Waals surface area contributed by atoms with E-state index in [1.54, 1.807) is 11.3 Å². The highest BCUT2D eigenvalue weighted by molar-refractivity contribution is 7.16. The summed E-state index contributed by atoms with van der Waals surface area (Å²) in [5.74, 6) is -0.0378. The van der Waals surface area contributed by atoms with Crippen LogP contribution < -0.4 is 5.32 Å². The van der Waals surface area contributed by atoms with Crippen LogP contribution in [0.25, 0.3) is 0 Å². The normalized spacial score (nSPS) is 24.7. The topological polar surface area (TPSA) is 65.4 Å². The third kappa shape index (κ3) is 3.97. The van der Waals surface area contributed by atoms with Gasteiger partial charge in [0.2, 0.25) is 5.91 Å². The second kappa shape index (κ2) is 7.64. The van der Waals surface area contributed by atoms with Gasteiger partial charge in [-0.15, -0.1) is 11.3 Å². The fourth-order valence-corrected chi connectivity index (χ4v) is 4.99. The number of fused-ring (bicyclic) bond motifs is 1. The number of aryl methyl sites for hydroxylation is 1. The lowest BCUT2D eigenvalue weighted by atomic mass is 10.1. The van der Waals surface area contributed by atoms with E-state index in [4.69, 9.17) is 4.74 Å². The predicted molar refractivity (Wildman–Crippen MR) is 95.4 cm³/mol. The van der Waals surface area contributed by atoms with Crippen LogP contribution in [0.15, 0.2) is 0 Å². The second-order valence-electron chi connectivity index (χ2n) is 6.88. The van der Waals surface area contributed by atoms with E-state index in [1.165, 1.54) is 23.3 Å². The molecule has 1 N–H and O–H groups in total. The number of morpholine rings is 1.